The second kappa shape index (κ2) is 7.61. The summed E-state index contributed by atoms with van der Waals surface area (Å²) in [6.07, 6.45) is 0. The topological polar surface area (TPSA) is 79.8 Å². The molecular weight excluding hydrogens is 394 g/mol. The zero-order valence-electron chi connectivity index (χ0n) is 14.7. The van der Waals surface area contributed by atoms with E-state index in [0.29, 0.717) is 17.2 Å². The highest BCUT2D eigenvalue weighted by Crippen LogP contribution is 2.22. The van der Waals surface area contributed by atoms with Gasteiger partial charge in [-0.3, -0.25) is 20.6 Å². The maximum Gasteiger partial charge on any atom is 0.271 e. The van der Waals surface area contributed by atoms with E-state index in [1.807, 2.05) is 57.2 Å². The molecule has 0 aliphatic heterocycles. The summed E-state index contributed by atoms with van der Waals surface area (Å²) in [6.45, 7) is 5.55. The van der Waals surface area contributed by atoms with Gasteiger partial charge in [0.25, 0.3) is 5.91 Å². The van der Waals surface area contributed by atoms with Crippen molar-refractivity contribution in [3.8, 4) is 11.3 Å². The monoisotopic (exact) mass is 411 g/mol. The van der Waals surface area contributed by atoms with Crippen LogP contribution in [0.2, 0.25) is 0 Å². The molecule has 2 N–H and O–H groups in total. The maximum absolute atomic E-state index is 12.4. The van der Waals surface area contributed by atoms with E-state index in [1.54, 1.807) is 6.07 Å². The van der Waals surface area contributed by atoms with Crippen LogP contribution in [0.15, 0.2) is 46.9 Å². The second-order valence-corrected chi connectivity index (χ2v) is 6.81. The number of aromatic nitrogens is 3. The molecule has 0 saturated carbocycles. The molecule has 2 aromatic heterocycles. The van der Waals surface area contributed by atoms with Gasteiger partial charge in [-0.2, -0.15) is 0 Å². The zero-order valence-corrected chi connectivity index (χ0v) is 16.3. The number of amides is 1. The van der Waals surface area contributed by atoms with Gasteiger partial charge in [0.15, 0.2) is 0 Å². The Bertz CT molecular complexity index is 954. The minimum Gasteiger partial charge on any atom is -0.267 e. The number of hydrogen-bond acceptors (Lipinski definition) is 5. The highest BCUT2D eigenvalue weighted by molar-refractivity contribution is 9.10. The lowest BCUT2D eigenvalue weighted by Crippen LogP contribution is -2.31. The summed E-state index contributed by atoms with van der Waals surface area (Å²) >= 11 is 3.46. The second-order valence-electron chi connectivity index (χ2n) is 5.89. The fraction of sp³-hybridized carbons (Fsp3) is 0.158. The number of hydrazine groups is 1. The number of anilines is 1. The lowest BCUT2D eigenvalue weighted by Gasteiger charge is -2.11. The van der Waals surface area contributed by atoms with E-state index < -0.39 is 0 Å². The van der Waals surface area contributed by atoms with Crippen LogP contribution in [-0.2, 0) is 0 Å². The molecule has 0 saturated heterocycles. The van der Waals surface area contributed by atoms with Crippen LogP contribution in [-0.4, -0.2) is 20.9 Å². The summed E-state index contributed by atoms with van der Waals surface area (Å²) in [5.74, 6) is 0.0609. The summed E-state index contributed by atoms with van der Waals surface area (Å²) < 4.78 is 0.980. The van der Waals surface area contributed by atoms with E-state index in [2.05, 4.69) is 41.7 Å². The number of pyridine rings is 1. The van der Waals surface area contributed by atoms with Crippen molar-refractivity contribution >= 4 is 27.8 Å². The molecule has 0 bridgehead atoms. The minimum atomic E-state index is -0.293. The van der Waals surface area contributed by atoms with E-state index in [4.69, 9.17) is 0 Å². The molecule has 7 heteroatoms. The molecule has 3 rings (SSSR count). The quantitative estimate of drug-likeness (QED) is 0.634. The fourth-order valence-corrected chi connectivity index (χ4v) is 2.97. The number of hydrogen-bond donors (Lipinski definition) is 2. The predicted octanol–water partition coefficient (Wildman–Crippen LogP) is 3.98. The third-order valence-electron chi connectivity index (χ3n) is 3.72. The van der Waals surface area contributed by atoms with Crippen molar-refractivity contribution in [2.24, 2.45) is 0 Å². The van der Waals surface area contributed by atoms with Gasteiger partial charge in [-0.1, -0.05) is 28.1 Å². The Labute approximate surface area is 160 Å². The van der Waals surface area contributed by atoms with E-state index in [-0.39, 0.29) is 5.91 Å². The number of halogens is 1. The average molecular weight is 412 g/mol. The number of nitrogens with one attached hydrogen (secondary N) is 2. The van der Waals surface area contributed by atoms with E-state index >= 15 is 0 Å². The summed E-state index contributed by atoms with van der Waals surface area (Å²) in [6, 6.07) is 13.3. The van der Waals surface area contributed by atoms with Gasteiger partial charge in [0.05, 0.1) is 17.0 Å². The van der Waals surface area contributed by atoms with Crippen LogP contribution in [0.25, 0.3) is 11.3 Å². The molecular formula is C19H18BrN5O. The Hall–Kier alpha value is -2.80. The van der Waals surface area contributed by atoms with E-state index in [1.165, 1.54) is 0 Å². The van der Waals surface area contributed by atoms with Gasteiger partial charge in [0, 0.05) is 21.4 Å². The summed E-state index contributed by atoms with van der Waals surface area (Å²) in [7, 11) is 0. The van der Waals surface area contributed by atoms with Gasteiger partial charge >= 0.3 is 0 Å². The average Bonchev–Trinajstić information content (AvgIpc) is 2.59. The Morgan fingerprint density at radius 3 is 2.35 bits per heavy atom. The normalized spacial score (nSPS) is 10.5. The predicted molar refractivity (Wildman–Crippen MR) is 105 cm³/mol. The Kier molecular flexibility index (Phi) is 5.27. The van der Waals surface area contributed by atoms with Crippen LogP contribution in [0.4, 0.5) is 5.95 Å². The van der Waals surface area contributed by atoms with Crippen molar-refractivity contribution in [3.05, 3.63) is 69.6 Å². The smallest absolute Gasteiger partial charge is 0.267 e. The molecule has 0 radical (unpaired) electrons. The van der Waals surface area contributed by atoms with Gasteiger partial charge in [-0.05, 0) is 51.1 Å². The van der Waals surface area contributed by atoms with Crippen LogP contribution in [0, 0.1) is 20.8 Å². The summed E-state index contributed by atoms with van der Waals surface area (Å²) in [5.41, 5.74) is 9.94. The van der Waals surface area contributed by atoms with Gasteiger partial charge in [-0.15, -0.1) is 0 Å². The first kappa shape index (κ1) is 18.0. The fourth-order valence-electron chi connectivity index (χ4n) is 2.57. The van der Waals surface area contributed by atoms with Gasteiger partial charge in [0.1, 0.15) is 0 Å². The Morgan fingerprint density at radius 2 is 1.69 bits per heavy atom. The SMILES string of the molecule is Cc1cc(C)nc(NNC(=O)c2ccc(-c3cccc(Br)c3)nc2C)n1. The zero-order chi connectivity index (χ0) is 18.7. The standard InChI is InChI=1S/C19H18BrN5O/c1-11-9-12(2)22-19(21-11)25-24-18(26)16-7-8-17(23-13(16)3)14-5-4-6-15(20)10-14/h4-10H,1-3H3,(H,24,26)(H,21,22,25). The Balaban J connectivity index is 1.75. The van der Waals surface area contributed by atoms with Crippen LogP contribution >= 0.6 is 15.9 Å². The first-order valence-electron chi connectivity index (χ1n) is 8.04. The van der Waals surface area contributed by atoms with E-state index in [9.17, 15) is 4.79 Å². The van der Waals surface area contributed by atoms with Crippen LogP contribution in [0.5, 0.6) is 0 Å². The van der Waals surface area contributed by atoms with Gasteiger partial charge in [-0.25, -0.2) is 9.97 Å². The molecule has 6 nitrogen and oxygen atoms in total. The van der Waals surface area contributed by atoms with Gasteiger partial charge < -0.3 is 0 Å². The maximum atomic E-state index is 12.4. The lowest BCUT2D eigenvalue weighted by molar-refractivity contribution is 0.0961. The molecule has 0 aliphatic carbocycles. The van der Waals surface area contributed by atoms with Crippen molar-refractivity contribution in [2.45, 2.75) is 20.8 Å². The summed E-state index contributed by atoms with van der Waals surface area (Å²) in [4.78, 5) is 25.4. The first-order valence-corrected chi connectivity index (χ1v) is 8.84. The number of nitrogens with zero attached hydrogens (tertiary/aromatic N) is 3. The highest BCUT2D eigenvalue weighted by atomic mass is 79.9. The van der Waals surface area contributed by atoms with Crippen LogP contribution < -0.4 is 10.9 Å². The number of carbonyl (C=O) groups is 1. The molecule has 0 fully saturated rings. The summed E-state index contributed by atoms with van der Waals surface area (Å²) in [5, 5.41) is 0. The molecule has 1 aromatic carbocycles. The third kappa shape index (κ3) is 4.23. The molecule has 1 amide bonds. The number of aryl methyl sites for hydroxylation is 3. The largest absolute Gasteiger partial charge is 0.271 e. The van der Waals surface area contributed by atoms with Crippen molar-refractivity contribution in [3.63, 3.8) is 0 Å². The minimum absolute atomic E-state index is 0.293. The lowest BCUT2D eigenvalue weighted by atomic mass is 10.1. The van der Waals surface area contributed by atoms with Crippen LogP contribution in [0.3, 0.4) is 0 Å². The van der Waals surface area contributed by atoms with Crippen molar-refractivity contribution in [1.82, 2.24) is 20.4 Å². The van der Waals surface area contributed by atoms with Crippen LogP contribution in [0.1, 0.15) is 27.4 Å². The molecule has 0 atom stereocenters. The van der Waals surface area contributed by atoms with Gasteiger partial charge in [0.2, 0.25) is 5.95 Å². The number of rotatable bonds is 4. The van der Waals surface area contributed by atoms with Crippen molar-refractivity contribution in [1.29, 1.82) is 0 Å². The molecule has 26 heavy (non-hydrogen) atoms. The molecule has 0 spiro atoms. The molecule has 132 valence electrons. The highest BCUT2D eigenvalue weighted by Gasteiger charge is 2.12. The molecule has 3 aromatic rings. The van der Waals surface area contributed by atoms with E-state index in [0.717, 1.165) is 27.1 Å². The number of carbonyl (C=O) groups excluding carboxylic acids is 1. The van der Waals surface area contributed by atoms with Crippen molar-refractivity contribution < 1.29 is 4.79 Å². The third-order valence-corrected chi connectivity index (χ3v) is 4.21. The van der Waals surface area contributed by atoms with Crippen molar-refractivity contribution in [2.75, 3.05) is 5.43 Å². The number of benzene rings is 1. The molecule has 0 unspecified atom stereocenters. The first-order chi connectivity index (χ1) is 12.4. The molecule has 2 heterocycles. The Morgan fingerprint density at radius 1 is 0.962 bits per heavy atom. The molecule has 0 aliphatic rings.